The van der Waals surface area contributed by atoms with Gasteiger partial charge in [-0.05, 0) is 52.5 Å². The Morgan fingerprint density at radius 3 is 2.44 bits per heavy atom. The lowest BCUT2D eigenvalue weighted by molar-refractivity contribution is -0.138. The maximum atomic E-state index is 12.9. The van der Waals surface area contributed by atoms with Crippen LogP contribution in [0.1, 0.15) is 30.4 Å². The van der Waals surface area contributed by atoms with Crippen LogP contribution in [0.25, 0.3) is 0 Å². The molecule has 0 saturated heterocycles. The van der Waals surface area contributed by atoms with Gasteiger partial charge in [0.15, 0.2) is 0 Å². The minimum atomic E-state index is -4.44. The summed E-state index contributed by atoms with van der Waals surface area (Å²) in [4.78, 5) is 0. The fourth-order valence-corrected chi connectivity index (χ4v) is 2.37. The van der Waals surface area contributed by atoms with Crippen molar-refractivity contribution in [3.05, 3.63) is 27.7 Å². The lowest BCUT2D eigenvalue weighted by atomic mass is 9.95. The summed E-state index contributed by atoms with van der Waals surface area (Å²) in [6, 6.07) is 2.78. The zero-order valence-electron chi connectivity index (χ0n) is 10.1. The molecule has 1 aromatic rings. The Hall–Kier alpha value is -0.750. The second-order valence-electron chi connectivity index (χ2n) is 4.06. The summed E-state index contributed by atoms with van der Waals surface area (Å²) < 4.78 is 43.9. The molecule has 2 nitrogen and oxygen atoms in total. The van der Waals surface area contributed by atoms with Gasteiger partial charge in [-0.1, -0.05) is 6.92 Å². The smallest absolute Gasteiger partial charge is 0.420 e. The van der Waals surface area contributed by atoms with E-state index in [1.165, 1.54) is 7.11 Å². The molecule has 0 aromatic heterocycles. The zero-order chi connectivity index (χ0) is 13.9. The van der Waals surface area contributed by atoms with Crippen LogP contribution in [0.15, 0.2) is 16.6 Å². The Labute approximate surface area is 112 Å². The van der Waals surface area contributed by atoms with Gasteiger partial charge in [0.05, 0.1) is 17.1 Å². The van der Waals surface area contributed by atoms with Crippen LogP contribution >= 0.6 is 15.9 Å². The van der Waals surface area contributed by atoms with Crippen molar-refractivity contribution < 1.29 is 17.9 Å². The van der Waals surface area contributed by atoms with Crippen LogP contribution in [0.3, 0.4) is 0 Å². The van der Waals surface area contributed by atoms with Gasteiger partial charge in [0.1, 0.15) is 5.75 Å². The third-order valence-electron chi connectivity index (χ3n) is 2.74. The highest BCUT2D eigenvalue weighted by atomic mass is 79.9. The van der Waals surface area contributed by atoms with Gasteiger partial charge >= 0.3 is 6.18 Å². The summed E-state index contributed by atoms with van der Waals surface area (Å²) >= 11 is 3.11. The molecule has 0 aliphatic rings. The molecule has 0 aliphatic carbocycles. The molecule has 18 heavy (non-hydrogen) atoms. The maximum Gasteiger partial charge on any atom is 0.420 e. The van der Waals surface area contributed by atoms with Crippen LogP contribution in [0.5, 0.6) is 5.75 Å². The number of hydrogen-bond acceptors (Lipinski definition) is 2. The molecule has 0 spiro atoms. The number of alkyl halides is 3. The highest BCUT2D eigenvalue weighted by molar-refractivity contribution is 9.10. The van der Waals surface area contributed by atoms with Crippen molar-refractivity contribution in [2.45, 2.75) is 25.4 Å². The molecule has 0 fully saturated rings. The van der Waals surface area contributed by atoms with Crippen LogP contribution in [0.2, 0.25) is 0 Å². The van der Waals surface area contributed by atoms with Crippen molar-refractivity contribution in [3.8, 4) is 5.75 Å². The fraction of sp³-hybridized carbons (Fsp3) is 0.500. The first-order chi connectivity index (χ1) is 8.31. The Morgan fingerprint density at radius 2 is 2.00 bits per heavy atom. The topological polar surface area (TPSA) is 35.2 Å². The molecule has 1 aromatic carbocycles. The molecule has 1 atom stereocenters. The summed E-state index contributed by atoms with van der Waals surface area (Å²) in [6.45, 7) is 2.29. The van der Waals surface area contributed by atoms with E-state index in [1.807, 2.05) is 6.92 Å². The van der Waals surface area contributed by atoms with E-state index in [1.54, 1.807) is 6.07 Å². The Balaban J connectivity index is 3.30. The highest BCUT2D eigenvalue weighted by Gasteiger charge is 2.36. The predicted molar refractivity (Wildman–Crippen MR) is 67.8 cm³/mol. The quantitative estimate of drug-likeness (QED) is 0.910. The van der Waals surface area contributed by atoms with Gasteiger partial charge in [0, 0.05) is 0 Å². The number of nitrogens with two attached hydrogens (primary N) is 1. The van der Waals surface area contributed by atoms with E-state index in [4.69, 9.17) is 10.5 Å². The van der Waals surface area contributed by atoms with Crippen molar-refractivity contribution in [1.82, 2.24) is 0 Å². The van der Waals surface area contributed by atoms with Gasteiger partial charge in [0.2, 0.25) is 0 Å². The first-order valence-electron chi connectivity index (χ1n) is 5.46. The minimum absolute atomic E-state index is 0.0293. The van der Waals surface area contributed by atoms with E-state index in [0.717, 1.165) is 6.07 Å². The number of halogens is 4. The molecule has 0 aliphatic heterocycles. The molecule has 0 heterocycles. The molecule has 1 unspecified atom stereocenters. The second kappa shape index (κ2) is 5.93. The fourth-order valence-electron chi connectivity index (χ4n) is 1.73. The Morgan fingerprint density at radius 1 is 1.39 bits per heavy atom. The van der Waals surface area contributed by atoms with Gasteiger partial charge in [0.25, 0.3) is 0 Å². The number of hydrogen-bond donors (Lipinski definition) is 1. The molecule has 6 heteroatoms. The Kier molecular flexibility index (Phi) is 5.04. The molecule has 1 rings (SSSR count). The summed E-state index contributed by atoms with van der Waals surface area (Å²) in [5.74, 6) is -0.218. The summed E-state index contributed by atoms with van der Waals surface area (Å²) in [7, 11) is 1.22. The average molecular weight is 326 g/mol. The number of benzene rings is 1. The van der Waals surface area contributed by atoms with E-state index in [0.29, 0.717) is 23.0 Å². The van der Waals surface area contributed by atoms with Gasteiger partial charge in [-0.15, -0.1) is 0 Å². The van der Waals surface area contributed by atoms with Crippen molar-refractivity contribution in [2.75, 3.05) is 13.7 Å². The molecular formula is C12H15BrF3NO. The van der Waals surface area contributed by atoms with Crippen molar-refractivity contribution in [3.63, 3.8) is 0 Å². The van der Waals surface area contributed by atoms with Gasteiger partial charge < -0.3 is 10.5 Å². The summed E-state index contributed by atoms with van der Waals surface area (Å²) in [6.07, 6.45) is -3.80. The largest absolute Gasteiger partial charge is 0.495 e. The molecular weight excluding hydrogens is 311 g/mol. The third kappa shape index (κ3) is 3.38. The van der Waals surface area contributed by atoms with Crippen LogP contribution in [-0.2, 0) is 6.18 Å². The summed E-state index contributed by atoms with van der Waals surface area (Å²) in [5.41, 5.74) is 5.26. The normalized spacial score (nSPS) is 13.5. The van der Waals surface area contributed by atoms with Crippen molar-refractivity contribution in [2.24, 2.45) is 5.73 Å². The molecule has 2 N–H and O–H groups in total. The van der Waals surface area contributed by atoms with Crippen LogP contribution < -0.4 is 10.5 Å². The molecule has 0 bridgehead atoms. The van der Waals surface area contributed by atoms with Gasteiger partial charge in [-0.2, -0.15) is 13.2 Å². The van der Waals surface area contributed by atoms with E-state index < -0.39 is 11.7 Å². The molecule has 0 radical (unpaired) electrons. The van der Waals surface area contributed by atoms with E-state index in [9.17, 15) is 13.2 Å². The number of rotatable bonds is 4. The van der Waals surface area contributed by atoms with Crippen molar-refractivity contribution in [1.29, 1.82) is 0 Å². The lowest BCUT2D eigenvalue weighted by Gasteiger charge is -2.18. The van der Waals surface area contributed by atoms with Crippen LogP contribution in [0, 0.1) is 0 Å². The monoisotopic (exact) mass is 325 g/mol. The standard InChI is InChI=1S/C12H15BrF3NO/c1-7(3-4-17)8-5-9(12(14,15)16)11(18-2)10(13)6-8/h5-7H,3-4,17H2,1-2H3. The molecule has 0 saturated carbocycles. The van der Waals surface area contributed by atoms with Crippen LogP contribution in [-0.4, -0.2) is 13.7 Å². The minimum Gasteiger partial charge on any atom is -0.495 e. The van der Waals surface area contributed by atoms with E-state index in [2.05, 4.69) is 15.9 Å². The Bertz CT molecular complexity index is 421. The molecule has 0 amide bonds. The van der Waals surface area contributed by atoms with E-state index >= 15 is 0 Å². The number of methoxy groups -OCH3 is 1. The maximum absolute atomic E-state index is 12.9. The number of ether oxygens (including phenoxy) is 1. The van der Waals surface area contributed by atoms with Gasteiger partial charge in [-0.3, -0.25) is 0 Å². The predicted octanol–water partition coefficient (Wildman–Crippen LogP) is 3.93. The average Bonchev–Trinajstić information content (AvgIpc) is 2.27. The first kappa shape index (κ1) is 15.3. The van der Waals surface area contributed by atoms with Crippen molar-refractivity contribution >= 4 is 15.9 Å². The summed E-state index contributed by atoms with van der Waals surface area (Å²) in [5, 5.41) is 0. The lowest BCUT2D eigenvalue weighted by Crippen LogP contribution is -2.11. The SMILES string of the molecule is COc1c(Br)cc(C(C)CCN)cc1C(F)(F)F. The van der Waals surface area contributed by atoms with Gasteiger partial charge in [-0.25, -0.2) is 0 Å². The van der Waals surface area contributed by atoms with Crippen LogP contribution in [0.4, 0.5) is 13.2 Å². The molecule has 102 valence electrons. The third-order valence-corrected chi connectivity index (χ3v) is 3.33. The zero-order valence-corrected chi connectivity index (χ0v) is 11.7. The second-order valence-corrected chi connectivity index (χ2v) is 4.91. The first-order valence-corrected chi connectivity index (χ1v) is 6.25. The highest BCUT2D eigenvalue weighted by Crippen LogP contribution is 2.42. The van der Waals surface area contributed by atoms with E-state index in [-0.39, 0.29) is 11.7 Å².